The zero-order valence-electron chi connectivity index (χ0n) is 7.51. The summed E-state index contributed by atoms with van der Waals surface area (Å²) in [5, 5.41) is 12.2. The van der Waals surface area contributed by atoms with E-state index in [1.165, 1.54) is 19.3 Å². The summed E-state index contributed by atoms with van der Waals surface area (Å²) in [6, 6.07) is 0.928. The van der Waals surface area contributed by atoms with Gasteiger partial charge in [0.1, 0.15) is 0 Å². The Morgan fingerprint density at radius 1 is 1.55 bits per heavy atom. The van der Waals surface area contributed by atoms with Crippen molar-refractivity contribution in [2.45, 2.75) is 45.2 Å². The predicted octanol–water partition coefficient (Wildman–Crippen LogP) is 1.15. The quantitative estimate of drug-likeness (QED) is 0.644. The molecule has 0 amide bonds. The van der Waals surface area contributed by atoms with Crippen LogP contribution in [0.5, 0.6) is 0 Å². The first kappa shape index (κ1) is 9.01. The minimum Gasteiger partial charge on any atom is -0.395 e. The molecule has 1 aliphatic carbocycles. The molecule has 0 aliphatic heterocycles. The molecule has 1 fully saturated rings. The molecule has 11 heavy (non-hydrogen) atoms. The maximum Gasteiger partial charge on any atom is 0.0582 e. The van der Waals surface area contributed by atoms with Crippen LogP contribution in [0.2, 0.25) is 0 Å². The monoisotopic (exact) mass is 157 g/mol. The highest BCUT2D eigenvalue weighted by atomic mass is 16.3. The van der Waals surface area contributed by atoms with Gasteiger partial charge in [-0.2, -0.15) is 0 Å². The number of hydrogen-bond acceptors (Lipinski definition) is 2. The number of hydrogen-bond donors (Lipinski definition) is 2. The Morgan fingerprint density at radius 2 is 2.27 bits per heavy atom. The molecule has 0 aromatic carbocycles. The molecule has 66 valence electrons. The van der Waals surface area contributed by atoms with Crippen LogP contribution < -0.4 is 5.32 Å². The van der Waals surface area contributed by atoms with Gasteiger partial charge in [0.25, 0.3) is 0 Å². The molecule has 2 N–H and O–H groups in total. The van der Waals surface area contributed by atoms with Gasteiger partial charge in [-0.1, -0.05) is 6.92 Å². The molecule has 1 rings (SSSR count). The fourth-order valence-electron chi connectivity index (χ4n) is 1.81. The van der Waals surface area contributed by atoms with Crippen LogP contribution >= 0.6 is 0 Å². The van der Waals surface area contributed by atoms with Crippen LogP contribution in [0, 0.1) is 5.92 Å². The Kier molecular flexibility index (Phi) is 3.34. The summed E-state index contributed by atoms with van der Waals surface area (Å²) in [5.74, 6) is 0.874. The maximum atomic E-state index is 8.80. The molecule has 1 aliphatic rings. The van der Waals surface area contributed by atoms with Gasteiger partial charge in [0, 0.05) is 12.1 Å². The van der Waals surface area contributed by atoms with Gasteiger partial charge in [0.05, 0.1) is 6.61 Å². The van der Waals surface area contributed by atoms with Crippen molar-refractivity contribution in [1.82, 2.24) is 5.32 Å². The summed E-state index contributed by atoms with van der Waals surface area (Å²) >= 11 is 0. The lowest BCUT2D eigenvalue weighted by Gasteiger charge is -2.16. The molecular weight excluding hydrogens is 138 g/mol. The van der Waals surface area contributed by atoms with Gasteiger partial charge in [-0.25, -0.2) is 0 Å². The molecule has 0 aromatic rings. The smallest absolute Gasteiger partial charge is 0.0582 e. The van der Waals surface area contributed by atoms with Crippen LogP contribution in [-0.2, 0) is 0 Å². The molecule has 0 radical (unpaired) electrons. The third-order valence-electron chi connectivity index (χ3n) is 2.49. The molecule has 3 atom stereocenters. The van der Waals surface area contributed by atoms with Crippen molar-refractivity contribution in [3.05, 3.63) is 0 Å². The van der Waals surface area contributed by atoms with Crippen molar-refractivity contribution in [3.63, 3.8) is 0 Å². The Hall–Kier alpha value is -0.0800. The van der Waals surface area contributed by atoms with E-state index in [1.54, 1.807) is 0 Å². The van der Waals surface area contributed by atoms with Gasteiger partial charge < -0.3 is 10.4 Å². The van der Waals surface area contributed by atoms with Crippen molar-refractivity contribution < 1.29 is 5.11 Å². The van der Waals surface area contributed by atoms with Crippen LogP contribution in [0.25, 0.3) is 0 Å². The van der Waals surface area contributed by atoms with E-state index < -0.39 is 0 Å². The minimum atomic E-state index is 0.255. The van der Waals surface area contributed by atoms with Crippen LogP contribution in [0.1, 0.15) is 33.1 Å². The largest absolute Gasteiger partial charge is 0.395 e. The second-order valence-electron chi connectivity index (χ2n) is 3.87. The summed E-state index contributed by atoms with van der Waals surface area (Å²) in [5.41, 5.74) is 0. The Morgan fingerprint density at radius 3 is 2.73 bits per heavy atom. The van der Waals surface area contributed by atoms with Gasteiger partial charge in [0.15, 0.2) is 0 Å². The van der Waals surface area contributed by atoms with Gasteiger partial charge >= 0.3 is 0 Å². The highest BCUT2D eigenvalue weighted by Gasteiger charge is 2.21. The molecule has 0 aromatic heterocycles. The highest BCUT2D eigenvalue weighted by Crippen LogP contribution is 2.24. The van der Waals surface area contributed by atoms with E-state index in [-0.39, 0.29) is 12.6 Å². The van der Waals surface area contributed by atoms with Crippen molar-refractivity contribution in [2.24, 2.45) is 5.92 Å². The van der Waals surface area contributed by atoms with Crippen molar-refractivity contribution in [1.29, 1.82) is 0 Å². The first-order chi connectivity index (χ1) is 5.22. The predicted molar refractivity (Wildman–Crippen MR) is 46.5 cm³/mol. The molecular formula is C9H19NO. The average molecular weight is 157 g/mol. The fourth-order valence-corrected chi connectivity index (χ4v) is 1.81. The van der Waals surface area contributed by atoms with E-state index in [0.29, 0.717) is 6.04 Å². The van der Waals surface area contributed by atoms with E-state index >= 15 is 0 Å². The molecule has 0 saturated heterocycles. The maximum absolute atomic E-state index is 8.80. The van der Waals surface area contributed by atoms with E-state index in [0.717, 1.165) is 5.92 Å². The molecule has 1 saturated carbocycles. The average Bonchev–Trinajstić information content (AvgIpc) is 2.35. The van der Waals surface area contributed by atoms with Crippen molar-refractivity contribution in [3.8, 4) is 0 Å². The van der Waals surface area contributed by atoms with Gasteiger partial charge in [0.2, 0.25) is 0 Å². The first-order valence-electron chi connectivity index (χ1n) is 4.59. The van der Waals surface area contributed by atoms with E-state index in [1.807, 2.05) is 6.92 Å². The fraction of sp³-hybridized carbons (Fsp3) is 1.00. The van der Waals surface area contributed by atoms with Gasteiger partial charge in [-0.15, -0.1) is 0 Å². The molecule has 0 heterocycles. The summed E-state index contributed by atoms with van der Waals surface area (Å²) < 4.78 is 0. The summed E-state index contributed by atoms with van der Waals surface area (Å²) in [6.07, 6.45) is 3.91. The van der Waals surface area contributed by atoms with Crippen LogP contribution in [-0.4, -0.2) is 23.8 Å². The van der Waals surface area contributed by atoms with E-state index in [9.17, 15) is 0 Å². The normalized spacial score (nSPS) is 34.1. The molecule has 2 nitrogen and oxygen atoms in total. The zero-order chi connectivity index (χ0) is 8.27. The van der Waals surface area contributed by atoms with Crippen LogP contribution in [0.15, 0.2) is 0 Å². The van der Waals surface area contributed by atoms with Crippen LogP contribution in [0.4, 0.5) is 0 Å². The highest BCUT2D eigenvalue weighted by molar-refractivity contribution is 4.80. The lowest BCUT2D eigenvalue weighted by Crippen LogP contribution is -2.37. The van der Waals surface area contributed by atoms with Crippen molar-refractivity contribution in [2.75, 3.05) is 6.61 Å². The lowest BCUT2D eigenvalue weighted by molar-refractivity contribution is 0.240. The zero-order valence-corrected chi connectivity index (χ0v) is 7.51. The standard InChI is InChI=1S/C9H19NO/c1-7-3-4-9(5-7)10-8(2)6-11/h7-11H,3-6H2,1-2H3. The number of aliphatic hydroxyl groups excluding tert-OH is 1. The Balaban J connectivity index is 2.17. The molecule has 0 spiro atoms. The van der Waals surface area contributed by atoms with Gasteiger partial charge in [-0.05, 0) is 32.1 Å². The second kappa shape index (κ2) is 4.07. The van der Waals surface area contributed by atoms with E-state index in [2.05, 4.69) is 12.2 Å². The lowest BCUT2D eigenvalue weighted by atomic mass is 10.1. The molecule has 0 bridgehead atoms. The van der Waals surface area contributed by atoms with Crippen LogP contribution in [0.3, 0.4) is 0 Å². The number of rotatable bonds is 3. The number of aliphatic hydroxyl groups is 1. The Labute approximate surface area is 69.0 Å². The number of nitrogens with one attached hydrogen (secondary N) is 1. The summed E-state index contributed by atoms with van der Waals surface area (Å²) in [6.45, 7) is 4.58. The third kappa shape index (κ3) is 2.80. The summed E-state index contributed by atoms with van der Waals surface area (Å²) in [4.78, 5) is 0. The van der Waals surface area contributed by atoms with Crippen molar-refractivity contribution >= 4 is 0 Å². The molecule has 3 unspecified atom stereocenters. The minimum absolute atomic E-state index is 0.255. The topological polar surface area (TPSA) is 32.3 Å². The Bertz CT molecular complexity index is 116. The third-order valence-corrected chi connectivity index (χ3v) is 2.49. The second-order valence-corrected chi connectivity index (χ2v) is 3.87. The molecule has 2 heteroatoms. The van der Waals surface area contributed by atoms with E-state index in [4.69, 9.17) is 5.11 Å². The van der Waals surface area contributed by atoms with Gasteiger partial charge in [-0.3, -0.25) is 0 Å². The SMILES string of the molecule is CC1CCC(NC(C)CO)C1. The summed E-state index contributed by atoms with van der Waals surface area (Å²) in [7, 11) is 0. The first-order valence-corrected chi connectivity index (χ1v) is 4.59.